The minimum Gasteiger partial charge on any atom is -0.0865 e. The van der Waals surface area contributed by atoms with Gasteiger partial charge in [-0.2, -0.15) is 0 Å². The first-order valence-corrected chi connectivity index (χ1v) is 6.55. The Balaban J connectivity index is 2.15. The molecule has 1 saturated carbocycles. The zero-order valence-electron chi connectivity index (χ0n) is 7.26. The van der Waals surface area contributed by atoms with Crippen molar-refractivity contribution < 1.29 is 0 Å². The summed E-state index contributed by atoms with van der Waals surface area (Å²) in [6, 6.07) is 10.9. The summed E-state index contributed by atoms with van der Waals surface area (Å²) in [5.41, 5.74) is 0. The Bertz CT molecular complexity index is 283. The van der Waals surface area contributed by atoms with Gasteiger partial charge in [0, 0.05) is 3.57 Å². The quantitative estimate of drug-likeness (QED) is 0.723. The first kappa shape index (κ1) is 8.42. The second-order valence-corrected chi connectivity index (χ2v) is 6.74. The lowest BCUT2D eigenvalue weighted by Gasteiger charge is -1.95. The first-order valence-electron chi connectivity index (χ1n) is 4.39. The van der Waals surface area contributed by atoms with Gasteiger partial charge in [0.1, 0.15) is 0 Å². The van der Waals surface area contributed by atoms with Crippen molar-refractivity contribution in [1.82, 2.24) is 0 Å². The predicted molar refractivity (Wildman–Crippen MR) is 62.6 cm³/mol. The number of hydrogen-bond donors (Lipinski definition) is 0. The molecule has 12 heavy (non-hydrogen) atoms. The van der Waals surface area contributed by atoms with Crippen molar-refractivity contribution in [3.8, 4) is 0 Å². The molecule has 0 nitrogen and oxygen atoms in total. The monoisotopic (exact) mass is 272 g/mol. The summed E-state index contributed by atoms with van der Waals surface area (Å²) in [6.07, 6.45) is 2.91. The molecule has 0 heterocycles. The molecule has 1 aromatic rings. The molecule has 0 amide bonds. The number of benzene rings is 1. The Morgan fingerprint density at radius 2 is 1.92 bits per heavy atom. The van der Waals surface area contributed by atoms with Crippen LogP contribution in [0.5, 0.6) is 0 Å². The maximum atomic E-state index is 2.35. The van der Waals surface area contributed by atoms with Crippen molar-refractivity contribution in [2.75, 3.05) is 0 Å². The Kier molecular flexibility index (Phi) is 2.59. The second kappa shape index (κ2) is 3.69. The van der Waals surface area contributed by atoms with Gasteiger partial charge in [0.25, 0.3) is 0 Å². The van der Waals surface area contributed by atoms with Crippen LogP contribution in [0.4, 0.5) is 0 Å². The number of halogens is 1. The fourth-order valence-corrected chi connectivity index (χ4v) is 4.03. The lowest BCUT2D eigenvalue weighted by molar-refractivity contribution is 1.22. The van der Waals surface area contributed by atoms with Gasteiger partial charge in [-0.1, -0.05) is 38.9 Å². The van der Waals surface area contributed by atoms with Gasteiger partial charge in [0.2, 0.25) is 0 Å². The normalized spacial score (nSPS) is 18.6. The molecule has 0 saturated heterocycles. The third-order valence-corrected chi connectivity index (χ3v) is 5.20. The van der Waals surface area contributed by atoms with Crippen LogP contribution in [0.3, 0.4) is 0 Å². The van der Waals surface area contributed by atoms with E-state index in [1.54, 1.807) is 7.08 Å². The molecule has 1 fully saturated rings. The van der Waals surface area contributed by atoms with Crippen LogP contribution in [0.2, 0.25) is 0 Å². The zero-order valence-corrected chi connectivity index (χ0v) is 9.41. The lowest BCUT2D eigenvalue weighted by atomic mass is 10.3. The van der Waals surface area contributed by atoms with Crippen LogP contribution >= 0.6 is 20.7 Å². The molecular weight excluding hydrogens is 259 g/mol. The van der Waals surface area contributed by atoms with Crippen molar-refractivity contribution in [3.63, 3.8) is 0 Å². The molecule has 0 spiro atoms. The van der Waals surface area contributed by atoms with E-state index >= 15 is 0 Å². The smallest absolute Gasteiger partial charge is 0.00765 e. The van der Waals surface area contributed by atoms with E-state index in [0.717, 1.165) is 5.92 Å². The Labute approximate surface area is 83.7 Å². The molecule has 1 aliphatic rings. The van der Waals surface area contributed by atoms with Crippen LogP contribution in [0.25, 0.3) is 0 Å². The van der Waals surface area contributed by atoms with E-state index in [0.29, 0.717) is 0 Å². The zero-order chi connectivity index (χ0) is 8.39. The highest BCUT2D eigenvalue weighted by molar-refractivity contribution is 14.2. The Hall–Kier alpha value is -0.180. The molecule has 0 atom stereocenters. The van der Waals surface area contributed by atoms with Gasteiger partial charge >= 0.3 is 0 Å². The predicted octanol–water partition coefficient (Wildman–Crippen LogP) is 3.43. The molecule has 1 heteroatoms. The molecule has 0 N–H and O–H groups in total. The maximum Gasteiger partial charge on any atom is 0.00765 e. The summed E-state index contributed by atoms with van der Waals surface area (Å²) in [4.78, 5) is 0. The SMILES string of the molecule is CC(=Ic1ccccc1)C1CC1. The van der Waals surface area contributed by atoms with E-state index in [9.17, 15) is 0 Å². The number of rotatable bonds is 2. The van der Waals surface area contributed by atoms with Gasteiger partial charge < -0.3 is 0 Å². The van der Waals surface area contributed by atoms with E-state index in [1.807, 2.05) is 0 Å². The molecular formula is C11H13I. The van der Waals surface area contributed by atoms with Gasteiger partial charge in [-0.05, 0) is 41.3 Å². The van der Waals surface area contributed by atoms with E-state index < -0.39 is 0 Å². The fourth-order valence-electron chi connectivity index (χ4n) is 1.21. The van der Waals surface area contributed by atoms with Crippen molar-refractivity contribution >= 4 is 24.2 Å². The van der Waals surface area contributed by atoms with E-state index in [2.05, 4.69) is 37.3 Å². The van der Waals surface area contributed by atoms with Crippen LogP contribution in [0.15, 0.2) is 30.3 Å². The second-order valence-electron chi connectivity index (χ2n) is 3.25. The van der Waals surface area contributed by atoms with Gasteiger partial charge in [0.05, 0.1) is 0 Å². The van der Waals surface area contributed by atoms with Gasteiger partial charge in [-0.15, -0.1) is 0 Å². The summed E-state index contributed by atoms with van der Waals surface area (Å²) in [5.74, 6) is 0.998. The highest BCUT2D eigenvalue weighted by Gasteiger charge is 2.23. The van der Waals surface area contributed by atoms with E-state index in [4.69, 9.17) is 0 Å². The molecule has 0 radical (unpaired) electrons. The summed E-state index contributed by atoms with van der Waals surface area (Å²) in [5, 5.41) is 0. The Morgan fingerprint density at radius 3 is 2.50 bits per heavy atom. The highest BCUT2D eigenvalue weighted by atomic mass is 127. The molecule has 2 rings (SSSR count). The van der Waals surface area contributed by atoms with Gasteiger partial charge in [0.15, 0.2) is 0 Å². The van der Waals surface area contributed by atoms with Crippen LogP contribution in [-0.2, 0) is 0 Å². The van der Waals surface area contributed by atoms with Crippen LogP contribution in [0.1, 0.15) is 19.8 Å². The molecule has 1 aromatic carbocycles. The van der Waals surface area contributed by atoms with E-state index in [1.165, 1.54) is 12.8 Å². The molecule has 64 valence electrons. The molecule has 0 bridgehead atoms. The third-order valence-electron chi connectivity index (χ3n) is 2.13. The molecule has 0 unspecified atom stereocenters. The summed E-state index contributed by atoms with van der Waals surface area (Å²) >= 11 is 0.203. The largest absolute Gasteiger partial charge is 0.0865 e. The van der Waals surface area contributed by atoms with E-state index in [-0.39, 0.29) is 20.7 Å². The maximum absolute atomic E-state index is 2.35. The standard InChI is InChI=1S/C11H13I/c1-9(10-7-8-10)12-11-5-3-2-4-6-11/h2-6,10H,7-8H2,1H3. The van der Waals surface area contributed by atoms with Crippen LogP contribution in [0, 0.1) is 9.49 Å². The minimum absolute atomic E-state index is 0.203. The average molecular weight is 272 g/mol. The Morgan fingerprint density at radius 1 is 1.25 bits per heavy atom. The van der Waals surface area contributed by atoms with Gasteiger partial charge in [-0.3, -0.25) is 0 Å². The van der Waals surface area contributed by atoms with Crippen LogP contribution < -0.4 is 0 Å². The minimum atomic E-state index is 0.203. The van der Waals surface area contributed by atoms with Crippen molar-refractivity contribution in [2.45, 2.75) is 19.8 Å². The highest BCUT2D eigenvalue weighted by Crippen LogP contribution is 2.34. The summed E-state index contributed by atoms with van der Waals surface area (Å²) in [7, 11) is 0. The summed E-state index contributed by atoms with van der Waals surface area (Å²) < 4.78 is 3.35. The lowest BCUT2D eigenvalue weighted by Crippen LogP contribution is -1.88. The topological polar surface area (TPSA) is 0 Å². The van der Waals surface area contributed by atoms with Crippen molar-refractivity contribution in [2.24, 2.45) is 5.92 Å². The van der Waals surface area contributed by atoms with Crippen molar-refractivity contribution in [1.29, 1.82) is 0 Å². The van der Waals surface area contributed by atoms with Crippen molar-refractivity contribution in [3.05, 3.63) is 33.9 Å². The van der Waals surface area contributed by atoms with Gasteiger partial charge in [-0.25, -0.2) is 0 Å². The number of hydrogen-bond acceptors (Lipinski definition) is 0. The molecule has 0 aromatic heterocycles. The fraction of sp³-hybridized carbons (Fsp3) is 0.364. The molecule has 1 aliphatic carbocycles. The van der Waals surface area contributed by atoms with Crippen LogP contribution in [-0.4, -0.2) is 3.51 Å². The average Bonchev–Trinajstić information content (AvgIpc) is 2.88. The first-order chi connectivity index (χ1) is 5.86. The summed E-state index contributed by atoms with van der Waals surface area (Å²) in [6.45, 7) is 2.35. The third kappa shape index (κ3) is 2.16. The molecule has 0 aliphatic heterocycles.